The minimum Gasteiger partial charge on any atom is -0.479 e. The fourth-order valence-corrected chi connectivity index (χ4v) is 1.61. The van der Waals surface area contributed by atoms with Gasteiger partial charge in [-0.15, -0.1) is 0 Å². The number of rotatable bonds is 4. The van der Waals surface area contributed by atoms with Crippen LogP contribution < -0.4 is 10.6 Å². The maximum atomic E-state index is 11.4. The van der Waals surface area contributed by atoms with Crippen molar-refractivity contribution in [3.63, 3.8) is 0 Å². The van der Waals surface area contributed by atoms with Crippen molar-refractivity contribution >= 4 is 33.6 Å². The summed E-state index contributed by atoms with van der Waals surface area (Å²) >= 11 is 3.18. The Morgan fingerprint density at radius 3 is 2.68 bits per heavy atom. The molecule has 0 saturated carbocycles. The highest BCUT2D eigenvalue weighted by molar-refractivity contribution is 9.10. The lowest BCUT2D eigenvalue weighted by Crippen LogP contribution is -2.38. The highest BCUT2D eigenvalue weighted by atomic mass is 79.9. The number of anilines is 1. The van der Waals surface area contributed by atoms with E-state index in [0.29, 0.717) is 15.7 Å². The Hall–Kier alpha value is -2.11. The first-order chi connectivity index (χ1) is 8.93. The number of benzene rings is 1. The Bertz CT molecular complexity index is 541. The van der Waals surface area contributed by atoms with Gasteiger partial charge in [0.1, 0.15) is 0 Å². The van der Waals surface area contributed by atoms with E-state index in [4.69, 9.17) is 15.5 Å². The van der Waals surface area contributed by atoms with Gasteiger partial charge in [0.15, 0.2) is 6.10 Å². The number of nitriles is 1. The number of carbonyl (C=O) groups excluding carboxylic acids is 1. The van der Waals surface area contributed by atoms with Crippen molar-refractivity contribution in [3.05, 3.63) is 28.2 Å². The Balaban J connectivity index is 2.58. The van der Waals surface area contributed by atoms with Gasteiger partial charge in [-0.25, -0.2) is 9.59 Å². The number of nitrogens with one attached hydrogen (secondary N) is 2. The largest absolute Gasteiger partial charge is 0.479 e. The average Bonchev–Trinajstić information content (AvgIpc) is 2.38. The lowest BCUT2D eigenvalue weighted by atomic mass is 10.2. The van der Waals surface area contributed by atoms with Crippen molar-refractivity contribution < 1.29 is 19.8 Å². The first kappa shape index (κ1) is 14.9. The molecule has 0 spiro atoms. The number of hydrogen-bond acceptors (Lipinski definition) is 4. The molecule has 1 aromatic carbocycles. The van der Waals surface area contributed by atoms with Gasteiger partial charge in [-0.2, -0.15) is 5.26 Å². The van der Waals surface area contributed by atoms with Crippen LogP contribution in [0.4, 0.5) is 10.5 Å². The molecule has 0 fully saturated rings. The third-order valence-corrected chi connectivity index (χ3v) is 2.74. The molecule has 19 heavy (non-hydrogen) atoms. The summed E-state index contributed by atoms with van der Waals surface area (Å²) in [6.07, 6.45) is -1.66. The quantitative estimate of drug-likeness (QED) is 0.654. The van der Waals surface area contributed by atoms with E-state index in [-0.39, 0.29) is 0 Å². The van der Waals surface area contributed by atoms with Gasteiger partial charge < -0.3 is 20.8 Å². The number of carboxylic acids is 1. The van der Waals surface area contributed by atoms with Gasteiger partial charge in [-0.05, 0) is 34.1 Å². The third-order valence-electron chi connectivity index (χ3n) is 2.09. The minimum absolute atomic E-state index is 0.408. The predicted octanol–water partition coefficient (Wildman–Crippen LogP) is 0.888. The molecule has 0 radical (unpaired) electrons. The number of nitrogens with zero attached hydrogens (tertiary/aromatic N) is 1. The fraction of sp³-hybridized carbons (Fsp3) is 0.182. The molecular weight excluding hydrogens is 318 g/mol. The van der Waals surface area contributed by atoms with E-state index in [0.717, 1.165) is 0 Å². The molecule has 0 aromatic heterocycles. The molecule has 7 nitrogen and oxygen atoms in total. The number of halogens is 1. The molecule has 2 amide bonds. The van der Waals surface area contributed by atoms with Gasteiger partial charge in [0.2, 0.25) is 0 Å². The SMILES string of the molecule is N#Cc1ccc(NC(=O)NC[C@H](O)C(=O)O)c(Br)c1. The predicted molar refractivity (Wildman–Crippen MR) is 69.5 cm³/mol. The van der Waals surface area contributed by atoms with Crippen molar-refractivity contribution in [1.82, 2.24) is 5.32 Å². The van der Waals surface area contributed by atoms with Crippen molar-refractivity contribution in [1.29, 1.82) is 5.26 Å². The molecule has 1 aromatic rings. The molecule has 100 valence electrons. The van der Waals surface area contributed by atoms with Crippen molar-refractivity contribution in [2.24, 2.45) is 0 Å². The minimum atomic E-state index is -1.66. The van der Waals surface area contributed by atoms with Crippen LogP contribution in [-0.4, -0.2) is 34.9 Å². The summed E-state index contributed by atoms with van der Waals surface area (Å²) in [5, 5.41) is 30.7. The van der Waals surface area contributed by atoms with Crippen LogP contribution in [0.3, 0.4) is 0 Å². The number of hydrogen-bond donors (Lipinski definition) is 4. The number of carbonyl (C=O) groups is 2. The maximum absolute atomic E-state index is 11.4. The monoisotopic (exact) mass is 327 g/mol. The van der Waals surface area contributed by atoms with E-state index in [9.17, 15) is 9.59 Å². The van der Waals surface area contributed by atoms with Gasteiger partial charge in [-0.1, -0.05) is 0 Å². The lowest BCUT2D eigenvalue weighted by molar-refractivity contribution is -0.146. The zero-order chi connectivity index (χ0) is 14.4. The van der Waals surface area contributed by atoms with E-state index < -0.39 is 24.6 Å². The number of aliphatic carboxylic acids is 1. The van der Waals surface area contributed by atoms with Crippen molar-refractivity contribution in [2.45, 2.75) is 6.10 Å². The molecule has 0 heterocycles. The molecule has 0 bridgehead atoms. The molecular formula is C11H10BrN3O4. The average molecular weight is 328 g/mol. The summed E-state index contributed by atoms with van der Waals surface area (Å²) in [6.45, 7) is -0.408. The second kappa shape index (κ2) is 6.72. The van der Waals surface area contributed by atoms with Crippen LogP contribution in [0.2, 0.25) is 0 Å². The normalized spacial score (nSPS) is 11.2. The zero-order valence-corrected chi connectivity index (χ0v) is 11.1. The van der Waals surface area contributed by atoms with Crippen LogP contribution in [0.1, 0.15) is 5.56 Å². The van der Waals surface area contributed by atoms with E-state index in [1.807, 2.05) is 6.07 Å². The van der Waals surface area contributed by atoms with Crippen LogP contribution in [0, 0.1) is 11.3 Å². The Kier molecular flexibility index (Phi) is 5.29. The van der Waals surface area contributed by atoms with Gasteiger partial charge in [0.05, 0.1) is 23.9 Å². The molecule has 4 N–H and O–H groups in total. The molecule has 0 aliphatic rings. The Morgan fingerprint density at radius 1 is 1.47 bits per heavy atom. The molecule has 0 unspecified atom stereocenters. The zero-order valence-electron chi connectivity index (χ0n) is 9.55. The summed E-state index contributed by atoms with van der Waals surface area (Å²) in [5.74, 6) is -1.42. The van der Waals surface area contributed by atoms with Crippen LogP contribution in [0.25, 0.3) is 0 Å². The van der Waals surface area contributed by atoms with Gasteiger partial charge >= 0.3 is 12.0 Å². The number of aliphatic hydroxyl groups excluding tert-OH is 1. The standard InChI is InChI=1S/C11H10BrN3O4/c12-7-3-6(4-13)1-2-8(7)15-11(19)14-5-9(16)10(17)18/h1-3,9,16H,5H2,(H,17,18)(H2,14,15,19)/t9-/m0/s1. The first-order valence-corrected chi connectivity index (χ1v) is 5.88. The second-order valence-electron chi connectivity index (χ2n) is 3.50. The molecule has 1 rings (SSSR count). The van der Waals surface area contributed by atoms with E-state index in [1.165, 1.54) is 18.2 Å². The number of urea groups is 1. The van der Waals surface area contributed by atoms with Gasteiger partial charge in [0.25, 0.3) is 0 Å². The third kappa shape index (κ3) is 4.57. The summed E-state index contributed by atoms with van der Waals surface area (Å²) in [6, 6.07) is 5.86. The fourth-order valence-electron chi connectivity index (χ4n) is 1.13. The molecule has 0 aliphatic heterocycles. The van der Waals surface area contributed by atoms with Crippen LogP contribution in [0.5, 0.6) is 0 Å². The van der Waals surface area contributed by atoms with Gasteiger partial charge in [-0.3, -0.25) is 0 Å². The molecule has 1 atom stereocenters. The number of aliphatic hydroxyl groups is 1. The smallest absolute Gasteiger partial charge is 0.334 e. The van der Waals surface area contributed by atoms with Crippen LogP contribution in [-0.2, 0) is 4.79 Å². The Morgan fingerprint density at radius 2 is 2.16 bits per heavy atom. The summed E-state index contributed by atoms with van der Waals surface area (Å²) in [5.41, 5.74) is 0.848. The highest BCUT2D eigenvalue weighted by Crippen LogP contribution is 2.23. The summed E-state index contributed by atoms with van der Waals surface area (Å²) in [7, 11) is 0. The number of amides is 2. The first-order valence-electron chi connectivity index (χ1n) is 5.09. The van der Waals surface area contributed by atoms with Crippen molar-refractivity contribution in [3.8, 4) is 6.07 Å². The van der Waals surface area contributed by atoms with Crippen LogP contribution >= 0.6 is 15.9 Å². The lowest BCUT2D eigenvalue weighted by Gasteiger charge is -2.10. The topological polar surface area (TPSA) is 122 Å². The molecule has 0 aliphatic carbocycles. The highest BCUT2D eigenvalue weighted by Gasteiger charge is 2.14. The van der Waals surface area contributed by atoms with E-state index >= 15 is 0 Å². The Labute approximate surface area is 117 Å². The van der Waals surface area contributed by atoms with E-state index in [1.54, 1.807) is 0 Å². The maximum Gasteiger partial charge on any atom is 0.334 e. The van der Waals surface area contributed by atoms with Crippen LogP contribution in [0.15, 0.2) is 22.7 Å². The molecule has 8 heteroatoms. The second-order valence-corrected chi connectivity index (χ2v) is 4.35. The summed E-state index contributed by atoms with van der Waals surface area (Å²) < 4.78 is 0.514. The number of carboxylic acid groups (broad SMARTS) is 1. The molecule has 0 saturated heterocycles. The van der Waals surface area contributed by atoms with Crippen molar-refractivity contribution in [2.75, 3.05) is 11.9 Å². The summed E-state index contributed by atoms with van der Waals surface area (Å²) in [4.78, 5) is 21.8. The van der Waals surface area contributed by atoms with E-state index in [2.05, 4.69) is 26.6 Å². The van der Waals surface area contributed by atoms with Gasteiger partial charge in [0, 0.05) is 4.47 Å².